The van der Waals surface area contributed by atoms with Gasteiger partial charge in [0.25, 0.3) is 0 Å². The summed E-state index contributed by atoms with van der Waals surface area (Å²) in [5.41, 5.74) is 1.17. The highest BCUT2D eigenvalue weighted by Gasteiger charge is 2.36. The molecular weight excluding hydrogens is 360 g/mol. The molecule has 0 aliphatic heterocycles. The summed E-state index contributed by atoms with van der Waals surface area (Å²) in [4.78, 5) is 16.1. The maximum absolute atomic E-state index is 13.2. The van der Waals surface area contributed by atoms with Crippen LogP contribution in [0.1, 0.15) is 48.9 Å². The van der Waals surface area contributed by atoms with Crippen molar-refractivity contribution in [3.05, 3.63) is 47.6 Å². The van der Waals surface area contributed by atoms with Gasteiger partial charge >= 0.3 is 0 Å². The Morgan fingerprint density at radius 1 is 1.27 bits per heavy atom. The molecule has 0 bridgehead atoms. The van der Waals surface area contributed by atoms with Gasteiger partial charge in [0.15, 0.2) is 5.82 Å². The lowest BCUT2D eigenvalue weighted by molar-refractivity contribution is -0.118. The van der Waals surface area contributed by atoms with Gasteiger partial charge in [-0.1, -0.05) is 35.5 Å². The van der Waals surface area contributed by atoms with E-state index in [1.165, 1.54) is 17.3 Å². The molecule has 1 aliphatic rings. The number of alkyl halides is 2. The van der Waals surface area contributed by atoms with Crippen LogP contribution in [0.15, 0.2) is 34.9 Å². The van der Waals surface area contributed by atoms with E-state index < -0.39 is 5.92 Å². The summed E-state index contributed by atoms with van der Waals surface area (Å²) < 4.78 is 31.5. The molecule has 0 saturated heterocycles. The zero-order valence-electron chi connectivity index (χ0n) is 14.3. The summed E-state index contributed by atoms with van der Waals surface area (Å²) in [6.07, 6.45) is 0.427. The van der Waals surface area contributed by atoms with E-state index >= 15 is 0 Å². The van der Waals surface area contributed by atoms with E-state index in [0.29, 0.717) is 30.3 Å². The number of nitrogens with zero attached hydrogens (tertiary/aromatic N) is 2. The van der Waals surface area contributed by atoms with E-state index in [1.807, 2.05) is 30.3 Å². The number of hydrogen-bond acceptors (Lipinski definition) is 5. The number of carbonyl (C=O) groups is 1. The van der Waals surface area contributed by atoms with E-state index in [9.17, 15) is 13.6 Å². The predicted molar refractivity (Wildman–Crippen MR) is 94.9 cm³/mol. The van der Waals surface area contributed by atoms with Crippen molar-refractivity contribution in [1.29, 1.82) is 0 Å². The van der Waals surface area contributed by atoms with Crippen LogP contribution < -0.4 is 5.32 Å². The van der Waals surface area contributed by atoms with Gasteiger partial charge in [-0.2, -0.15) is 4.98 Å². The van der Waals surface area contributed by atoms with E-state index in [1.54, 1.807) is 0 Å². The molecule has 1 aliphatic carbocycles. The molecule has 1 fully saturated rings. The zero-order chi connectivity index (χ0) is 18.4. The topological polar surface area (TPSA) is 68.0 Å². The summed E-state index contributed by atoms with van der Waals surface area (Å²) in [5, 5.41) is 6.62. The van der Waals surface area contributed by atoms with Crippen LogP contribution in [0.3, 0.4) is 0 Å². The van der Waals surface area contributed by atoms with Gasteiger partial charge < -0.3 is 9.84 Å². The van der Waals surface area contributed by atoms with Crippen molar-refractivity contribution in [3.63, 3.8) is 0 Å². The summed E-state index contributed by atoms with van der Waals surface area (Å²) in [6.45, 7) is 0.153. The fourth-order valence-corrected chi connectivity index (χ4v) is 3.68. The molecular formula is C18H21F2N3O2S. The van der Waals surface area contributed by atoms with Crippen LogP contribution in [-0.2, 0) is 17.1 Å². The van der Waals surface area contributed by atoms with Gasteiger partial charge in [-0.3, -0.25) is 4.79 Å². The van der Waals surface area contributed by atoms with Crippen LogP contribution in [0.25, 0.3) is 0 Å². The smallest absolute Gasteiger partial charge is 0.248 e. The SMILES string of the molecule is O=C(CSCc1ccccc1)NCc1nc(C2CCC(F)(F)CC2)no1. The molecule has 1 heterocycles. The predicted octanol–water partition coefficient (Wildman–Crippen LogP) is 3.91. The first-order chi connectivity index (χ1) is 12.5. The summed E-state index contributed by atoms with van der Waals surface area (Å²) in [5.74, 6) is -0.901. The van der Waals surface area contributed by atoms with Crippen LogP contribution in [-0.4, -0.2) is 27.7 Å². The Bertz CT molecular complexity index is 714. The fraction of sp³-hybridized carbons (Fsp3) is 0.500. The molecule has 3 rings (SSSR count). The van der Waals surface area contributed by atoms with Gasteiger partial charge in [-0.25, -0.2) is 8.78 Å². The molecule has 1 amide bonds. The van der Waals surface area contributed by atoms with Crippen LogP contribution in [0.2, 0.25) is 0 Å². The first-order valence-corrected chi connectivity index (χ1v) is 9.76. The van der Waals surface area contributed by atoms with Crippen molar-refractivity contribution in [2.24, 2.45) is 0 Å². The summed E-state index contributed by atoms with van der Waals surface area (Å²) in [6, 6.07) is 9.93. The van der Waals surface area contributed by atoms with Crippen molar-refractivity contribution in [3.8, 4) is 0 Å². The normalized spacial score (nSPS) is 17.2. The highest BCUT2D eigenvalue weighted by Crippen LogP contribution is 2.39. The molecule has 26 heavy (non-hydrogen) atoms. The van der Waals surface area contributed by atoms with Gasteiger partial charge in [0.05, 0.1) is 12.3 Å². The molecule has 0 spiro atoms. The number of benzene rings is 1. The molecule has 1 aromatic heterocycles. The number of amides is 1. The number of halogens is 2. The van der Waals surface area contributed by atoms with E-state index in [2.05, 4.69) is 15.5 Å². The molecule has 8 heteroatoms. The van der Waals surface area contributed by atoms with Crippen LogP contribution in [0.5, 0.6) is 0 Å². The summed E-state index contributed by atoms with van der Waals surface area (Å²) >= 11 is 1.53. The molecule has 0 radical (unpaired) electrons. The number of aromatic nitrogens is 2. The first kappa shape index (κ1) is 18.8. The minimum Gasteiger partial charge on any atom is -0.346 e. The third-order valence-corrected chi connectivity index (χ3v) is 5.35. The monoisotopic (exact) mass is 381 g/mol. The van der Waals surface area contributed by atoms with Gasteiger partial charge in [0, 0.05) is 24.5 Å². The van der Waals surface area contributed by atoms with Crippen molar-refractivity contribution in [2.75, 3.05) is 5.75 Å². The Labute approximate surface area is 154 Å². The van der Waals surface area contributed by atoms with Gasteiger partial charge in [-0.05, 0) is 18.4 Å². The highest BCUT2D eigenvalue weighted by molar-refractivity contribution is 7.99. The van der Waals surface area contributed by atoms with Crippen LogP contribution >= 0.6 is 11.8 Å². The maximum atomic E-state index is 13.2. The number of carbonyl (C=O) groups excluding carboxylic acids is 1. The lowest BCUT2D eigenvalue weighted by Crippen LogP contribution is -2.25. The molecule has 0 unspecified atom stereocenters. The Kier molecular flexibility index (Phi) is 6.24. The van der Waals surface area contributed by atoms with Gasteiger partial charge in [-0.15, -0.1) is 11.8 Å². The van der Waals surface area contributed by atoms with Crippen molar-refractivity contribution < 1.29 is 18.1 Å². The highest BCUT2D eigenvalue weighted by atomic mass is 32.2. The van der Waals surface area contributed by atoms with Crippen LogP contribution in [0, 0.1) is 0 Å². The Morgan fingerprint density at radius 2 is 2.00 bits per heavy atom. The lowest BCUT2D eigenvalue weighted by atomic mass is 9.86. The van der Waals surface area contributed by atoms with Gasteiger partial charge in [0.2, 0.25) is 17.7 Å². The third kappa shape index (κ3) is 5.52. The Balaban J connectivity index is 1.38. The lowest BCUT2D eigenvalue weighted by Gasteiger charge is -2.26. The second kappa shape index (κ2) is 8.62. The minimum atomic E-state index is -2.57. The number of nitrogens with one attached hydrogen (secondary N) is 1. The number of rotatable bonds is 7. The third-order valence-electron chi connectivity index (χ3n) is 4.35. The molecule has 1 aromatic carbocycles. The van der Waals surface area contributed by atoms with E-state index in [-0.39, 0.29) is 31.2 Å². The minimum absolute atomic E-state index is 0.0933. The Morgan fingerprint density at radius 3 is 2.73 bits per heavy atom. The fourth-order valence-electron chi connectivity index (χ4n) is 2.87. The van der Waals surface area contributed by atoms with Crippen molar-refractivity contribution in [1.82, 2.24) is 15.5 Å². The zero-order valence-corrected chi connectivity index (χ0v) is 15.1. The maximum Gasteiger partial charge on any atom is 0.248 e. The molecule has 140 valence electrons. The summed E-state index contributed by atoms with van der Waals surface area (Å²) in [7, 11) is 0. The average molecular weight is 381 g/mol. The first-order valence-electron chi connectivity index (χ1n) is 8.60. The van der Waals surface area contributed by atoms with Crippen molar-refractivity contribution in [2.45, 2.75) is 49.8 Å². The molecule has 5 nitrogen and oxygen atoms in total. The quantitative estimate of drug-likeness (QED) is 0.788. The van der Waals surface area contributed by atoms with Crippen molar-refractivity contribution >= 4 is 17.7 Å². The van der Waals surface area contributed by atoms with E-state index in [4.69, 9.17) is 4.52 Å². The Hall–Kier alpha value is -1.96. The van der Waals surface area contributed by atoms with Gasteiger partial charge in [0.1, 0.15) is 0 Å². The second-order valence-corrected chi connectivity index (χ2v) is 7.42. The van der Waals surface area contributed by atoms with Crippen LogP contribution in [0.4, 0.5) is 8.78 Å². The standard InChI is InChI=1S/C18H21F2N3O2S/c19-18(20)8-6-14(7-9-18)17-22-16(25-23-17)10-21-15(24)12-26-11-13-4-2-1-3-5-13/h1-5,14H,6-12H2,(H,21,24). The average Bonchev–Trinajstić information content (AvgIpc) is 3.10. The molecule has 1 N–H and O–H groups in total. The molecule has 1 saturated carbocycles. The number of hydrogen-bond donors (Lipinski definition) is 1. The largest absolute Gasteiger partial charge is 0.346 e. The second-order valence-electron chi connectivity index (χ2n) is 6.43. The number of thioether (sulfide) groups is 1. The molecule has 2 aromatic rings. The molecule has 0 atom stereocenters. The van der Waals surface area contributed by atoms with E-state index in [0.717, 1.165) is 5.75 Å².